The Balaban J connectivity index is 1.62. The van der Waals surface area contributed by atoms with E-state index in [1.165, 1.54) is 24.3 Å². The molecule has 1 heterocycles. The molecule has 3 rings (SSSR count). The quantitative estimate of drug-likeness (QED) is 0.211. The molecule has 3 aromatic rings. The Bertz CT molecular complexity index is 1150. The van der Waals surface area contributed by atoms with Crippen LogP contribution < -0.4 is 5.32 Å². The van der Waals surface area contributed by atoms with Gasteiger partial charge in [-0.15, -0.1) is 0 Å². The van der Waals surface area contributed by atoms with E-state index < -0.39 is 10.8 Å². The van der Waals surface area contributed by atoms with Crippen LogP contribution in [-0.2, 0) is 11.2 Å². The van der Waals surface area contributed by atoms with Gasteiger partial charge in [-0.2, -0.15) is 5.26 Å². The van der Waals surface area contributed by atoms with E-state index in [2.05, 4.69) is 10.3 Å². The molecule has 0 aliphatic carbocycles. The van der Waals surface area contributed by atoms with Crippen molar-refractivity contribution in [3.8, 4) is 6.07 Å². The first-order valence-electron chi connectivity index (χ1n) is 8.95. The molecule has 0 fully saturated rings. The number of carbonyl (C=O) groups is 1. The normalized spacial score (nSPS) is 11.5. The molecule has 0 unspecified atom stereocenters. The molecule has 0 spiro atoms. The third-order valence-electron chi connectivity index (χ3n) is 4.39. The van der Waals surface area contributed by atoms with E-state index >= 15 is 0 Å². The first kappa shape index (κ1) is 19.6. The lowest BCUT2D eigenvalue weighted by atomic mass is 10.1. The molecule has 0 atom stereocenters. The zero-order chi connectivity index (χ0) is 20.6. The molecule has 144 valence electrons. The van der Waals surface area contributed by atoms with Crippen LogP contribution in [0, 0.1) is 21.4 Å². The molecule has 0 radical (unpaired) electrons. The number of nitro benzene ring substituents is 1. The van der Waals surface area contributed by atoms with Gasteiger partial charge in [0.2, 0.25) is 0 Å². The number of benzene rings is 2. The summed E-state index contributed by atoms with van der Waals surface area (Å²) in [6.07, 6.45) is 6.83. The van der Waals surface area contributed by atoms with Crippen LogP contribution in [0.3, 0.4) is 0 Å². The van der Waals surface area contributed by atoms with Crippen LogP contribution in [-0.4, -0.2) is 22.4 Å². The molecule has 0 aliphatic heterocycles. The Hall–Kier alpha value is -4.18. The van der Waals surface area contributed by atoms with Crippen molar-refractivity contribution in [1.82, 2.24) is 10.3 Å². The Labute approximate surface area is 167 Å². The van der Waals surface area contributed by atoms with E-state index in [0.717, 1.165) is 16.5 Å². The van der Waals surface area contributed by atoms with E-state index in [4.69, 9.17) is 0 Å². The Morgan fingerprint density at radius 3 is 2.76 bits per heavy atom. The lowest BCUT2D eigenvalue weighted by molar-refractivity contribution is -0.385. The highest BCUT2D eigenvalue weighted by Crippen LogP contribution is 2.19. The van der Waals surface area contributed by atoms with Crippen molar-refractivity contribution in [2.45, 2.75) is 6.42 Å². The number of fused-ring (bicyclic) bond motifs is 1. The van der Waals surface area contributed by atoms with Gasteiger partial charge in [0.25, 0.3) is 11.6 Å². The van der Waals surface area contributed by atoms with Crippen LogP contribution in [0.1, 0.15) is 11.1 Å². The second kappa shape index (κ2) is 9.15. The van der Waals surface area contributed by atoms with Gasteiger partial charge < -0.3 is 10.3 Å². The number of allylic oxidation sites excluding steroid dienone is 2. The maximum absolute atomic E-state index is 12.2. The largest absolute Gasteiger partial charge is 0.361 e. The van der Waals surface area contributed by atoms with Gasteiger partial charge in [0.1, 0.15) is 11.6 Å². The van der Waals surface area contributed by atoms with Gasteiger partial charge in [-0.05, 0) is 36.3 Å². The molecule has 0 saturated carbocycles. The summed E-state index contributed by atoms with van der Waals surface area (Å²) in [5.74, 6) is -0.487. The number of nitrogens with zero attached hydrogens (tertiary/aromatic N) is 2. The summed E-state index contributed by atoms with van der Waals surface area (Å²) < 4.78 is 0. The number of carbonyl (C=O) groups excluding carboxylic acids is 1. The van der Waals surface area contributed by atoms with Crippen molar-refractivity contribution in [1.29, 1.82) is 5.26 Å². The number of H-pyrrole nitrogens is 1. The van der Waals surface area contributed by atoms with Crippen molar-refractivity contribution < 1.29 is 9.72 Å². The zero-order valence-corrected chi connectivity index (χ0v) is 15.5. The van der Waals surface area contributed by atoms with Crippen molar-refractivity contribution in [3.05, 3.63) is 93.7 Å². The second-order valence-corrected chi connectivity index (χ2v) is 6.23. The summed E-state index contributed by atoms with van der Waals surface area (Å²) in [5, 5.41) is 24.1. The Morgan fingerprint density at radius 2 is 1.97 bits per heavy atom. The summed E-state index contributed by atoms with van der Waals surface area (Å²) in [5.41, 5.74) is 2.40. The van der Waals surface area contributed by atoms with E-state index in [1.54, 1.807) is 18.2 Å². The van der Waals surface area contributed by atoms with E-state index in [0.29, 0.717) is 18.5 Å². The van der Waals surface area contributed by atoms with Crippen molar-refractivity contribution in [2.75, 3.05) is 6.54 Å². The SMILES string of the molecule is N#C/C(=C/C=C/c1ccccc1[N+](=O)[O-])C(=O)NCCc1c[nH]c2ccccc12. The van der Waals surface area contributed by atoms with Crippen LogP contribution in [0.5, 0.6) is 0 Å². The molecule has 7 heteroatoms. The third kappa shape index (κ3) is 4.76. The number of nitriles is 1. The minimum Gasteiger partial charge on any atom is -0.361 e. The number of para-hydroxylation sites is 2. The number of nitrogens with one attached hydrogen (secondary N) is 2. The fourth-order valence-electron chi connectivity index (χ4n) is 2.95. The molecule has 1 amide bonds. The number of aromatic amines is 1. The second-order valence-electron chi connectivity index (χ2n) is 6.23. The summed E-state index contributed by atoms with van der Waals surface area (Å²) in [4.78, 5) is 26.0. The molecule has 7 nitrogen and oxygen atoms in total. The Kier molecular flexibility index (Phi) is 6.18. The third-order valence-corrected chi connectivity index (χ3v) is 4.39. The number of nitro groups is 1. The molecule has 0 aliphatic rings. The number of hydrogen-bond donors (Lipinski definition) is 2. The van der Waals surface area contributed by atoms with Crippen LogP contribution in [0.4, 0.5) is 5.69 Å². The van der Waals surface area contributed by atoms with Gasteiger partial charge in [0, 0.05) is 29.7 Å². The fraction of sp³-hybridized carbons (Fsp3) is 0.0909. The highest BCUT2D eigenvalue weighted by atomic mass is 16.6. The van der Waals surface area contributed by atoms with E-state index in [1.807, 2.05) is 36.5 Å². The topological polar surface area (TPSA) is 112 Å². The highest BCUT2D eigenvalue weighted by molar-refractivity contribution is 5.97. The molecule has 2 N–H and O–H groups in total. The minimum atomic E-state index is -0.487. The lowest BCUT2D eigenvalue weighted by Gasteiger charge is -2.03. The predicted molar refractivity (Wildman–Crippen MR) is 111 cm³/mol. The van der Waals surface area contributed by atoms with Crippen LogP contribution >= 0.6 is 0 Å². The van der Waals surface area contributed by atoms with E-state index in [-0.39, 0.29) is 11.3 Å². The number of rotatable bonds is 7. The number of hydrogen-bond acceptors (Lipinski definition) is 4. The molecule has 29 heavy (non-hydrogen) atoms. The number of amides is 1. The van der Waals surface area contributed by atoms with Gasteiger partial charge in [-0.25, -0.2) is 0 Å². The smallest absolute Gasteiger partial charge is 0.276 e. The lowest BCUT2D eigenvalue weighted by Crippen LogP contribution is -2.26. The summed E-state index contributed by atoms with van der Waals surface area (Å²) in [6.45, 7) is 0.383. The van der Waals surface area contributed by atoms with Crippen molar-refractivity contribution >= 4 is 28.6 Å². The summed E-state index contributed by atoms with van der Waals surface area (Å²) >= 11 is 0. The van der Waals surface area contributed by atoms with Crippen LogP contribution in [0.2, 0.25) is 0 Å². The molecular weight excluding hydrogens is 368 g/mol. The average molecular weight is 386 g/mol. The maximum Gasteiger partial charge on any atom is 0.276 e. The molecular formula is C22H18N4O3. The van der Waals surface area contributed by atoms with Gasteiger partial charge >= 0.3 is 0 Å². The van der Waals surface area contributed by atoms with Crippen molar-refractivity contribution in [3.63, 3.8) is 0 Å². The van der Waals surface area contributed by atoms with Gasteiger partial charge in [0.15, 0.2) is 0 Å². The van der Waals surface area contributed by atoms with Crippen molar-refractivity contribution in [2.24, 2.45) is 0 Å². The number of aromatic nitrogens is 1. The maximum atomic E-state index is 12.2. The fourth-order valence-corrected chi connectivity index (χ4v) is 2.95. The van der Waals surface area contributed by atoms with Crippen LogP contribution in [0.25, 0.3) is 17.0 Å². The first-order chi connectivity index (χ1) is 14.1. The standard InChI is InChI=1S/C22H18N4O3/c23-14-17(8-5-7-16-6-1-4-11-21(16)26(28)29)22(27)24-13-12-18-15-25-20-10-3-2-9-19(18)20/h1-11,15,25H,12-13H2,(H,24,27)/b7-5+,17-8-. The molecule has 0 saturated heterocycles. The van der Waals surface area contributed by atoms with E-state index in [9.17, 15) is 20.2 Å². The van der Waals surface area contributed by atoms with Crippen LogP contribution in [0.15, 0.2) is 72.5 Å². The first-order valence-corrected chi connectivity index (χ1v) is 8.95. The van der Waals surface area contributed by atoms with Gasteiger partial charge in [-0.3, -0.25) is 14.9 Å². The highest BCUT2D eigenvalue weighted by Gasteiger charge is 2.10. The van der Waals surface area contributed by atoms with Gasteiger partial charge in [-0.1, -0.05) is 36.4 Å². The molecule has 1 aromatic heterocycles. The predicted octanol–water partition coefficient (Wildman–Crippen LogP) is 3.90. The molecule has 0 bridgehead atoms. The van der Waals surface area contributed by atoms with Gasteiger partial charge in [0.05, 0.1) is 10.5 Å². The molecule has 2 aromatic carbocycles. The zero-order valence-electron chi connectivity index (χ0n) is 15.5. The summed E-state index contributed by atoms with van der Waals surface area (Å²) in [6, 6.07) is 16.0. The Morgan fingerprint density at radius 1 is 1.21 bits per heavy atom. The summed E-state index contributed by atoms with van der Waals surface area (Å²) in [7, 11) is 0. The monoisotopic (exact) mass is 386 g/mol. The minimum absolute atomic E-state index is 0.0427. The average Bonchev–Trinajstić information content (AvgIpc) is 3.14.